The molecule has 0 N–H and O–H groups in total. The molecule has 0 unspecified atom stereocenters. The van der Waals surface area contributed by atoms with Crippen LogP contribution < -0.4 is 0 Å². The summed E-state index contributed by atoms with van der Waals surface area (Å²) in [6.45, 7) is 1.15. The molecule has 21 heavy (non-hydrogen) atoms. The normalized spacial score (nSPS) is 15.9. The van der Waals surface area contributed by atoms with Crippen molar-refractivity contribution in [2.45, 2.75) is 19.3 Å². The largest absolute Gasteiger partial charge is 0.469 e. The van der Waals surface area contributed by atoms with Crippen molar-refractivity contribution in [2.24, 2.45) is 5.92 Å². The minimum Gasteiger partial charge on any atom is -0.469 e. The number of piperidine rings is 1. The van der Waals surface area contributed by atoms with Gasteiger partial charge in [0.15, 0.2) is 0 Å². The van der Waals surface area contributed by atoms with E-state index in [1.54, 1.807) is 23.1 Å². The molecule has 1 aliphatic heterocycles. The number of benzene rings is 1. The lowest BCUT2D eigenvalue weighted by Crippen LogP contribution is -2.41. The number of nitrogens with zero attached hydrogens (tertiary/aromatic N) is 1. The Morgan fingerprint density at radius 3 is 2.52 bits per heavy atom. The highest BCUT2D eigenvalue weighted by molar-refractivity contribution is 6.35. The summed E-state index contributed by atoms with van der Waals surface area (Å²) in [5.41, 5.74) is 0.765. The fourth-order valence-electron chi connectivity index (χ4n) is 2.47. The lowest BCUT2D eigenvalue weighted by Gasteiger charge is -2.30. The van der Waals surface area contributed by atoms with Crippen molar-refractivity contribution in [3.8, 4) is 0 Å². The third-order valence-electron chi connectivity index (χ3n) is 3.74. The number of methoxy groups -OCH3 is 1. The molecule has 0 atom stereocenters. The van der Waals surface area contributed by atoms with E-state index in [2.05, 4.69) is 0 Å². The first-order chi connectivity index (χ1) is 10.0. The Balaban J connectivity index is 1.92. The topological polar surface area (TPSA) is 46.6 Å². The molecule has 1 fully saturated rings. The second-order valence-electron chi connectivity index (χ2n) is 5.09. The van der Waals surface area contributed by atoms with E-state index in [1.807, 2.05) is 0 Å². The number of hydrogen-bond acceptors (Lipinski definition) is 3. The van der Waals surface area contributed by atoms with Crippen LogP contribution in [0.2, 0.25) is 10.0 Å². The number of esters is 1. The van der Waals surface area contributed by atoms with Crippen molar-refractivity contribution < 1.29 is 14.3 Å². The van der Waals surface area contributed by atoms with Gasteiger partial charge < -0.3 is 9.64 Å². The van der Waals surface area contributed by atoms with Crippen LogP contribution in [0.4, 0.5) is 0 Å². The Kier molecular flexibility index (Phi) is 5.48. The van der Waals surface area contributed by atoms with Crippen molar-refractivity contribution in [2.75, 3.05) is 20.2 Å². The first-order valence-electron chi connectivity index (χ1n) is 6.80. The van der Waals surface area contributed by atoms with Gasteiger partial charge in [0.25, 0.3) is 0 Å². The number of carbonyl (C=O) groups excluding carboxylic acids is 2. The molecule has 1 amide bonds. The average molecular weight is 330 g/mol. The molecular formula is C15H17Cl2NO3. The Bertz CT molecular complexity index is 540. The number of carbonyl (C=O) groups is 2. The van der Waals surface area contributed by atoms with Crippen LogP contribution in [-0.4, -0.2) is 37.0 Å². The van der Waals surface area contributed by atoms with Crippen LogP contribution in [0.15, 0.2) is 18.2 Å². The van der Waals surface area contributed by atoms with Crippen LogP contribution >= 0.6 is 23.2 Å². The number of rotatable bonds is 3. The Labute approximate surface area is 134 Å². The van der Waals surface area contributed by atoms with Gasteiger partial charge in [0, 0.05) is 23.1 Å². The molecular weight excluding hydrogens is 313 g/mol. The molecule has 4 nitrogen and oxygen atoms in total. The van der Waals surface area contributed by atoms with Crippen molar-refractivity contribution >= 4 is 35.1 Å². The molecule has 1 aromatic rings. The van der Waals surface area contributed by atoms with Gasteiger partial charge in [0.2, 0.25) is 5.91 Å². The lowest BCUT2D eigenvalue weighted by molar-refractivity contribution is -0.148. The van der Waals surface area contributed by atoms with E-state index in [4.69, 9.17) is 27.9 Å². The molecule has 0 bridgehead atoms. The number of likely N-dealkylation sites (tertiary alicyclic amines) is 1. The second kappa shape index (κ2) is 7.14. The minimum atomic E-state index is -0.192. The smallest absolute Gasteiger partial charge is 0.308 e. The first-order valence-corrected chi connectivity index (χ1v) is 7.56. The van der Waals surface area contributed by atoms with E-state index in [9.17, 15) is 9.59 Å². The van der Waals surface area contributed by atoms with Crippen molar-refractivity contribution in [3.63, 3.8) is 0 Å². The molecule has 6 heteroatoms. The monoisotopic (exact) mass is 329 g/mol. The third kappa shape index (κ3) is 4.11. The van der Waals surface area contributed by atoms with E-state index in [0.717, 1.165) is 5.56 Å². The van der Waals surface area contributed by atoms with E-state index in [0.29, 0.717) is 36.0 Å². The van der Waals surface area contributed by atoms with Crippen LogP contribution in [0.25, 0.3) is 0 Å². The van der Waals surface area contributed by atoms with Gasteiger partial charge in [-0.05, 0) is 30.5 Å². The van der Waals surface area contributed by atoms with Gasteiger partial charge in [-0.25, -0.2) is 0 Å². The van der Waals surface area contributed by atoms with Gasteiger partial charge in [-0.3, -0.25) is 9.59 Å². The maximum atomic E-state index is 12.3. The average Bonchev–Trinajstić information content (AvgIpc) is 2.49. The van der Waals surface area contributed by atoms with E-state index in [-0.39, 0.29) is 24.2 Å². The van der Waals surface area contributed by atoms with Crippen LogP contribution in [0.5, 0.6) is 0 Å². The lowest BCUT2D eigenvalue weighted by atomic mass is 9.96. The van der Waals surface area contributed by atoms with Gasteiger partial charge in [0.05, 0.1) is 19.4 Å². The quantitative estimate of drug-likeness (QED) is 0.801. The number of ether oxygens (including phenoxy) is 1. The summed E-state index contributed by atoms with van der Waals surface area (Å²) in [4.78, 5) is 25.5. The van der Waals surface area contributed by atoms with Crippen molar-refractivity contribution in [1.82, 2.24) is 4.90 Å². The fourth-order valence-corrected chi connectivity index (χ4v) is 2.95. The highest BCUT2D eigenvalue weighted by Gasteiger charge is 2.27. The highest BCUT2D eigenvalue weighted by atomic mass is 35.5. The molecule has 114 valence electrons. The summed E-state index contributed by atoms with van der Waals surface area (Å²) in [6.07, 6.45) is 1.54. The van der Waals surface area contributed by atoms with Gasteiger partial charge in [-0.2, -0.15) is 0 Å². The van der Waals surface area contributed by atoms with Crippen LogP contribution in [-0.2, 0) is 20.7 Å². The maximum absolute atomic E-state index is 12.3. The number of hydrogen-bond donors (Lipinski definition) is 0. The summed E-state index contributed by atoms with van der Waals surface area (Å²) in [6, 6.07) is 5.12. The van der Waals surface area contributed by atoms with E-state index < -0.39 is 0 Å². The summed E-state index contributed by atoms with van der Waals surface area (Å²) in [5, 5.41) is 1.05. The Hall–Kier alpha value is -1.26. The van der Waals surface area contributed by atoms with Gasteiger partial charge >= 0.3 is 5.97 Å². The molecule has 0 spiro atoms. The zero-order valence-corrected chi connectivity index (χ0v) is 13.3. The molecule has 0 aromatic heterocycles. The second-order valence-corrected chi connectivity index (χ2v) is 5.93. The Morgan fingerprint density at radius 2 is 1.95 bits per heavy atom. The highest BCUT2D eigenvalue weighted by Crippen LogP contribution is 2.23. The predicted molar refractivity (Wildman–Crippen MR) is 81.5 cm³/mol. The summed E-state index contributed by atoms with van der Waals surface area (Å²) in [5.74, 6) is -0.274. The van der Waals surface area contributed by atoms with Crippen molar-refractivity contribution in [1.29, 1.82) is 0 Å². The SMILES string of the molecule is COC(=O)C1CCN(C(=O)Cc2ccc(Cl)cc2Cl)CC1. The molecule has 0 radical (unpaired) electrons. The minimum absolute atomic E-state index is 0.0162. The molecule has 1 aliphatic rings. The molecule has 0 aliphatic carbocycles. The van der Waals surface area contributed by atoms with Gasteiger partial charge in [-0.1, -0.05) is 29.3 Å². The van der Waals surface area contributed by atoms with Crippen LogP contribution in [0, 0.1) is 5.92 Å². The molecule has 1 heterocycles. The molecule has 1 saturated heterocycles. The van der Waals surface area contributed by atoms with E-state index >= 15 is 0 Å². The molecule has 1 aromatic carbocycles. The van der Waals surface area contributed by atoms with Gasteiger partial charge in [0.1, 0.15) is 0 Å². The van der Waals surface area contributed by atoms with E-state index in [1.165, 1.54) is 7.11 Å². The van der Waals surface area contributed by atoms with Gasteiger partial charge in [-0.15, -0.1) is 0 Å². The zero-order valence-electron chi connectivity index (χ0n) is 11.8. The summed E-state index contributed by atoms with van der Waals surface area (Å²) < 4.78 is 4.74. The predicted octanol–water partition coefficient (Wildman–Crippen LogP) is 2.95. The Morgan fingerprint density at radius 1 is 1.29 bits per heavy atom. The maximum Gasteiger partial charge on any atom is 0.308 e. The number of amides is 1. The standard InChI is InChI=1S/C15H17Cl2NO3/c1-21-15(20)10-4-6-18(7-5-10)14(19)8-11-2-3-12(16)9-13(11)17/h2-3,9-10H,4-8H2,1H3. The summed E-state index contributed by atoms with van der Waals surface area (Å²) >= 11 is 11.9. The molecule has 2 rings (SSSR count). The summed E-state index contributed by atoms with van der Waals surface area (Å²) in [7, 11) is 1.39. The third-order valence-corrected chi connectivity index (χ3v) is 4.33. The zero-order chi connectivity index (χ0) is 15.4. The molecule has 0 saturated carbocycles. The van der Waals surface area contributed by atoms with Crippen LogP contribution in [0.1, 0.15) is 18.4 Å². The number of halogens is 2. The van der Waals surface area contributed by atoms with Crippen LogP contribution in [0.3, 0.4) is 0 Å². The first kappa shape index (κ1) is 16.1. The fraction of sp³-hybridized carbons (Fsp3) is 0.467. The van der Waals surface area contributed by atoms with Crippen molar-refractivity contribution in [3.05, 3.63) is 33.8 Å².